The molecule has 2 heteroatoms. The second-order valence-electron chi connectivity index (χ2n) is 6.51. The van der Waals surface area contributed by atoms with Gasteiger partial charge in [-0.1, -0.05) is 52.3 Å². The topological polar surface area (TPSA) is 21.3 Å². The summed E-state index contributed by atoms with van der Waals surface area (Å²) in [5, 5.41) is 3.45. The van der Waals surface area contributed by atoms with Gasteiger partial charge in [0.15, 0.2) is 0 Å². The van der Waals surface area contributed by atoms with E-state index in [0.29, 0.717) is 0 Å². The maximum absolute atomic E-state index is 6.06. The summed E-state index contributed by atoms with van der Waals surface area (Å²) in [6, 6.07) is 6.43. The summed E-state index contributed by atoms with van der Waals surface area (Å²) in [6.07, 6.45) is 3.57. The van der Waals surface area contributed by atoms with Crippen molar-refractivity contribution in [1.29, 1.82) is 0 Å². The summed E-state index contributed by atoms with van der Waals surface area (Å²) in [5.41, 5.74) is 2.66. The molecule has 0 aliphatic rings. The highest BCUT2D eigenvalue weighted by Gasteiger charge is 2.19. The third-order valence-corrected chi connectivity index (χ3v) is 3.47. The Morgan fingerprint density at radius 3 is 2.45 bits per heavy atom. The molecule has 0 atom stereocenters. The first kappa shape index (κ1) is 17.0. The van der Waals surface area contributed by atoms with E-state index in [2.05, 4.69) is 58.1 Å². The lowest BCUT2D eigenvalue weighted by Crippen LogP contribution is -2.19. The van der Waals surface area contributed by atoms with Crippen LogP contribution in [0.5, 0.6) is 5.75 Å². The van der Waals surface area contributed by atoms with E-state index >= 15 is 0 Å². The van der Waals surface area contributed by atoms with Crippen molar-refractivity contribution in [2.45, 2.75) is 59.3 Å². The molecule has 0 aromatic heterocycles. The van der Waals surface area contributed by atoms with Crippen LogP contribution in [0.4, 0.5) is 0 Å². The first-order valence-electron chi connectivity index (χ1n) is 7.90. The summed E-state index contributed by atoms with van der Waals surface area (Å²) < 4.78 is 6.06. The average molecular weight is 277 g/mol. The van der Waals surface area contributed by atoms with Gasteiger partial charge in [-0.3, -0.25) is 0 Å². The van der Waals surface area contributed by atoms with Crippen molar-refractivity contribution in [3.63, 3.8) is 0 Å². The maximum atomic E-state index is 6.06. The molecule has 0 aliphatic carbocycles. The molecule has 1 aromatic rings. The smallest absolute Gasteiger partial charge is 0.125 e. The van der Waals surface area contributed by atoms with E-state index in [1.807, 2.05) is 0 Å². The molecule has 0 fully saturated rings. The van der Waals surface area contributed by atoms with Gasteiger partial charge in [0, 0.05) is 0 Å². The van der Waals surface area contributed by atoms with Crippen LogP contribution in [0.25, 0.3) is 0 Å². The fraction of sp³-hybridized carbons (Fsp3) is 0.667. The predicted octanol–water partition coefficient (Wildman–Crippen LogP) is 4.45. The Bertz CT molecular complexity index is 393. The minimum absolute atomic E-state index is 0.126. The standard InChI is InChI=1S/C18H31NO/c1-6-7-12-19-13-9-14-20-17-15(2)10-8-11-16(17)18(3,4)5/h8,10-11,19H,6-7,9,12-14H2,1-5H3. The lowest BCUT2D eigenvalue weighted by molar-refractivity contribution is 0.298. The summed E-state index contributed by atoms with van der Waals surface area (Å²) in [5.74, 6) is 1.08. The van der Waals surface area contributed by atoms with Crippen molar-refractivity contribution in [3.8, 4) is 5.75 Å². The van der Waals surface area contributed by atoms with Crippen LogP contribution < -0.4 is 10.1 Å². The molecule has 0 heterocycles. The van der Waals surface area contributed by atoms with E-state index in [9.17, 15) is 0 Å². The normalized spacial score (nSPS) is 11.7. The molecule has 0 bridgehead atoms. The number of para-hydroxylation sites is 1. The fourth-order valence-electron chi connectivity index (χ4n) is 2.23. The lowest BCUT2D eigenvalue weighted by atomic mass is 9.85. The van der Waals surface area contributed by atoms with Crippen molar-refractivity contribution in [2.24, 2.45) is 0 Å². The molecule has 0 amide bonds. The first-order chi connectivity index (χ1) is 9.46. The van der Waals surface area contributed by atoms with Gasteiger partial charge < -0.3 is 10.1 Å². The van der Waals surface area contributed by atoms with Crippen LogP contribution in [-0.2, 0) is 5.41 Å². The van der Waals surface area contributed by atoms with Gasteiger partial charge >= 0.3 is 0 Å². The monoisotopic (exact) mass is 277 g/mol. The highest BCUT2D eigenvalue weighted by molar-refractivity contribution is 5.44. The Kier molecular flexibility index (Phi) is 7.08. The Morgan fingerprint density at radius 2 is 1.80 bits per heavy atom. The van der Waals surface area contributed by atoms with Crippen LogP contribution in [-0.4, -0.2) is 19.7 Å². The zero-order valence-electron chi connectivity index (χ0n) is 13.9. The molecular formula is C18H31NO. The number of rotatable bonds is 8. The first-order valence-corrected chi connectivity index (χ1v) is 7.90. The summed E-state index contributed by atoms with van der Waals surface area (Å²) in [4.78, 5) is 0. The third-order valence-electron chi connectivity index (χ3n) is 3.47. The summed E-state index contributed by atoms with van der Waals surface area (Å²) in [6.45, 7) is 14.0. The van der Waals surface area contributed by atoms with E-state index < -0.39 is 0 Å². The van der Waals surface area contributed by atoms with Crippen molar-refractivity contribution in [2.75, 3.05) is 19.7 Å². The van der Waals surface area contributed by atoms with Gasteiger partial charge in [-0.05, 0) is 49.4 Å². The second kappa shape index (κ2) is 8.31. The Balaban J connectivity index is 2.47. The summed E-state index contributed by atoms with van der Waals surface area (Å²) in [7, 11) is 0. The molecule has 0 aliphatic heterocycles. The van der Waals surface area contributed by atoms with Gasteiger partial charge in [0.05, 0.1) is 6.61 Å². The molecule has 1 aromatic carbocycles. The molecule has 0 spiro atoms. The van der Waals surface area contributed by atoms with Crippen LogP contribution in [0.15, 0.2) is 18.2 Å². The van der Waals surface area contributed by atoms with Crippen LogP contribution >= 0.6 is 0 Å². The van der Waals surface area contributed by atoms with Crippen molar-refractivity contribution in [1.82, 2.24) is 5.32 Å². The number of hydrogen-bond acceptors (Lipinski definition) is 2. The Hall–Kier alpha value is -1.02. The van der Waals surface area contributed by atoms with Gasteiger partial charge in [-0.2, -0.15) is 0 Å². The molecule has 1 rings (SSSR count). The summed E-state index contributed by atoms with van der Waals surface area (Å²) >= 11 is 0. The van der Waals surface area contributed by atoms with Gasteiger partial charge in [-0.15, -0.1) is 0 Å². The number of benzene rings is 1. The van der Waals surface area contributed by atoms with Gasteiger partial charge in [0.1, 0.15) is 5.75 Å². The van der Waals surface area contributed by atoms with E-state index in [1.165, 1.54) is 24.0 Å². The average Bonchev–Trinajstić information content (AvgIpc) is 2.38. The van der Waals surface area contributed by atoms with Gasteiger partial charge in [0.2, 0.25) is 0 Å². The predicted molar refractivity (Wildman–Crippen MR) is 87.8 cm³/mol. The van der Waals surface area contributed by atoms with Crippen LogP contribution in [0.1, 0.15) is 58.1 Å². The molecular weight excluding hydrogens is 246 g/mol. The second-order valence-corrected chi connectivity index (χ2v) is 6.51. The van der Waals surface area contributed by atoms with E-state index in [4.69, 9.17) is 4.74 Å². The zero-order valence-corrected chi connectivity index (χ0v) is 13.9. The number of nitrogens with one attached hydrogen (secondary N) is 1. The molecule has 1 N–H and O–H groups in total. The minimum atomic E-state index is 0.126. The molecule has 0 saturated carbocycles. The molecule has 2 nitrogen and oxygen atoms in total. The zero-order chi connectivity index (χ0) is 15.0. The van der Waals surface area contributed by atoms with E-state index in [-0.39, 0.29) is 5.41 Å². The fourth-order valence-corrected chi connectivity index (χ4v) is 2.23. The SMILES string of the molecule is CCCCNCCCOc1c(C)cccc1C(C)(C)C. The quantitative estimate of drug-likeness (QED) is 0.709. The van der Waals surface area contributed by atoms with Crippen LogP contribution in [0.3, 0.4) is 0 Å². The Labute approximate surface area is 124 Å². The minimum Gasteiger partial charge on any atom is -0.493 e. The third kappa shape index (κ3) is 5.54. The van der Waals surface area contributed by atoms with E-state index in [1.54, 1.807) is 0 Å². The van der Waals surface area contributed by atoms with Crippen molar-refractivity contribution in [3.05, 3.63) is 29.3 Å². The Morgan fingerprint density at radius 1 is 1.10 bits per heavy atom. The maximum Gasteiger partial charge on any atom is 0.125 e. The highest BCUT2D eigenvalue weighted by atomic mass is 16.5. The van der Waals surface area contributed by atoms with Crippen molar-refractivity contribution < 1.29 is 4.74 Å². The number of aryl methyl sites for hydroxylation is 1. The molecule has 20 heavy (non-hydrogen) atoms. The largest absolute Gasteiger partial charge is 0.493 e. The van der Waals surface area contributed by atoms with Gasteiger partial charge in [-0.25, -0.2) is 0 Å². The molecule has 0 saturated heterocycles. The highest BCUT2D eigenvalue weighted by Crippen LogP contribution is 2.33. The number of unbranched alkanes of at least 4 members (excludes halogenated alkanes) is 1. The number of hydrogen-bond donors (Lipinski definition) is 1. The van der Waals surface area contributed by atoms with Crippen LogP contribution in [0, 0.1) is 6.92 Å². The lowest BCUT2D eigenvalue weighted by Gasteiger charge is -2.24. The van der Waals surface area contributed by atoms with Gasteiger partial charge in [0.25, 0.3) is 0 Å². The van der Waals surface area contributed by atoms with Crippen molar-refractivity contribution >= 4 is 0 Å². The molecule has 0 radical (unpaired) electrons. The van der Waals surface area contributed by atoms with Crippen LogP contribution in [0.2, 0.25) is 0 Å². The molecule has 114 valence electrons. The number of ether oxygens (including phenoxy) is 1. The molecule has 0 unspecified atom stereocenters. The van der Waals surface area contributed by atoms with E-state index in [0.717, 1.165) is 31.9 Å².